The standard InChI is InChI=1S/C26H29N3O4/c1-26(2,25(31)32-3)33-23-11-5-8-19(14-23)21-10-6-12-29(17-21)24(30)20-9-4-7-18(13-20)22-15-27-28-16-22/h4-5,7-9,11,13-16,21H,6,10,12,17H2,1-3H3,(H,27,28). The molecule has 1 amide bonds. The summed E-state index contributed by atoms with van der Waals surface area (Å²) in [7, 11) is 1.35. The molecular formula is C26H29N3O4. The van der Waals surface area contributed by atoms with Crippen LogP contribution < -0.4 is 4.74 Å². The Morgan fingerprint density at radius 3 is 2.70 bits per heavy atom. The van der Waals surface area contributed by atoms with E-state index >= 15 is 0 Å². The molecule has 1 saturated heterocycles. The maximum Gasteiger partial charge on any atom is 0.349 e. The van der Waals surface area contributed by atoms with Crippen molar-refractivity contribution in [1.29, 1.82) is 0 Å². The maximum absolute atomic E-state index is 13.3. The van der Waals surface area contributed by atoms with Crippen LogP contribution in [0.2, 0.25) is 0 Å². The molecule has 1 fully saturated rings. The average Bonchev–Trinajstić information content (AvgIpc) is 3.38. The highest BCUT2D eigenvalue weighted by Crippen LogP contribution is 2.31. The summed E-state index contributed by atoms with van der Waals surface area (Å²) in [6, 6.07) is 15.4. The lowest BCUT2D eigenvalue weighted by Crippen LogP contribution is -2.39. The van der Waals surface area contributed by atoms with Crippen LogP contribution in [0.1, 0.15) is 48.5 Å². The van der Waals surface area contributed by atoms with Crippen molar-refractivity contribution in [3.63, 3.8) is 0 Å². The number of esters is 1. The van der Waals surface area contributed by atoms with Crippen molar-refractivity contribution in [3.8, 4) is 16.9 Å². The van der Waals surface area contributed by atoms with Crippen LogP contribution in [0.15, 0.2) is 60.9 Å². The zero-order valence-electron chi connectivity index (χ0n) is 19.2. The molecule has 1 aromatic heterocycles. The Kier molecular flexibility index (Phi) is 6.49. The molecule has 33 heavy (non-hydrogen) atoms. The van der Waals surface area contributed by atoms with Gasteiger partial charge in [-0.3, -0.25) is 9.89 Å². The van der Waals surface area contributed by atoms with Crippen molar-refractivity contribution in [2.24, 2.45) is 0 Å². The fraction of sp³-hybridized carbons (Fsp3) is 0.346. The third-order valence-corrected chi connectivity index (χ3v) is 6.03. The predicted octanol–water partition coefficient (Wildman–Crippen LogP) is 4.43. The third-order valence-electron chi connectivity index (χ3n) is 6.03. The monoisotopic (exact) mass is 447 g/mol. The first kappa shape index (κ1) is 22.6. The number of nitrogens with one attached hydrogen (secondary N) is 1. The molecule has 1 atom stereocenters. The number of amides is 1. The number of carbonyl (C=O) groups is 2. The van der Waals surface area contributed by atoms with Crippen molar-refractivity contribution < 1.29 is 19.1 Å². The fourth-order valence-electron chi connectivity index (χ4n) is 4.27. The van der Waals surface area contributed by atoms with E-state index in [-0.39, 0.29) is 11.8 Å². The molecule has 172 valence electrons. The molecule has 1 aliphatic heterocycles. The summed E-state index contributed by atoms with van der Waals surface area (Å²) >= 11 is 0. The number of piperidine rings is 1. The Hall–Kier alpha value is -3.61. The lowest BCUT2D eigenvalue weighted by atomic mass is 9.90. The molecule has 2 aromatic carbocycles. The van der Waals surface area contributed by atoms with Crippen LogP contribution >= 0.6 is 0 Å². The zero-order chi connectivity index (χ0) is 23.4. The molecule has 1 aliphatic rings. The highest BCUT2D eigenvalue weighted by atomic mass is 16.6. The predicted molar refractivity (Wildman–Crippen MR) is 125 cm³/mol. The van der Waals surface area contributed by atoms with Gasteiger partial charge >= 0.3 is 5.97 Å². The van der Waals surface area contributed by atoms with Crippen LogP contribution in [0.25, 0.3) is 11.1 Å². The SMILES string of the molecule is COC(=O)C(C)(C)Oc1cccc(C2CCCN(C(=O)c3cccc(-c4cn[nH]c4)c3)C2)c1. The van der Waals surface area contributed by atoms with Crippen LogP contribution in [0.5, 0.6) is 5.75 Å². The lowest BCUT2D eigenvalue weighted by Gasteiger charge is -2.33. The van der Waals surface area contributed by atoms with Gasteiger partial charge in [0, 0.05) is 36.3 Å². The number of ether oxygens (including phenoxy) is 2. The van der Waals surface area contributed by atoms with Gasteiger partial charge < -0.3 is 14.4 Å². The Bertz CT molecular complexity index is 1120. The quantitative estimate of drug-likeness (QED) is 0.565. The second-order valence-electron chi connectivity index (χ2n) is 8.83. The summed E-state index contributed by atoms with van der Waals surface area (Å²) in [5.41, 5.74) is 2.60. The van der Waals surface area contributed by atoms with E-state index in [1.807, 2.05) is 53.6 Å². The van der Waals surface area contributed by atoms with Gasteiger partial charge in [0.15, 0.2) is 5.60 Å². The zero-order valence-corrected chi connectivity index (χ0v) is 19.2. The Labute approximate surface area is 193 Å². The molecule has 0 radical (unpaired) electrons. The number of hydrogen-bond donors (Lipinski definition) is 1. The molecule has 0 saturated carbocycles. The summed E-state index contributed by atoms with van der Waals surface area (Å²) < 4.78 is 10.8. The number of benzene rings is 2. The number of aromatic amines is 1. The van der Waals surface area contributed by atoms with Gasteiger partial charge in [-0.1, -0.05) is 24.3 Å². The van der Waals surface area contributed by atoms with Gasteiger partial charge in [0.2, 0.25) is 0 Å². The van der Waals surface area contributed by atoms with Crippen molar-refractivity contribution >= 4 is 11.9 Å². The molecule has 7 nitrogen and oxygen atoms in total. The summed E-state index contributed by atoms with van der Waals surface area (Å²) in [6.07, 6.45) is 5.48. The van der Waals surface area contributed by atoms with E-state index in [1.54, 1.807) is 20.0 Å². The van der Waals surface area contributed by atoms with Crippen LogP contribution in [0, 0.1) is 0 Å². The van der Waals surface area contributed by atoms with E-state index in [4.69, 9.17) is 9.47 Å². The van der Waals surface area contributed by atoms with E-state index in [9.17, 15) is 9.59 Å². The largest absolute Gasteiger partial charge is 0.476 e. The number of methoxy groups -OCH3 is 1. The number of likely N-dealkylation sites (tertiary alicyclic amines) is 1. The van der Waals surface area contributed by atoms with Crippen molar-refractivity contribution in [3.05, 3.63) is 72.1 Å². The molecule has 0 bridgehead atoms. The lowest BCUT2D eigenvalue weighted by molar-refractivity contribution is -0.156. The number of carbonyl (C=O) groups excluding carboxylic acids is 2. The summed E-state index contributed by atoms with van der Waals surface area (Å²) in [4.78, 5) is 27.2. The molecule has 7 heteroatoms. The van der Waals surface area contributed by atoms with Gasteiger partial charge in [-0.15, -0.1) is 0 Å². The van der Waals surface area contributed by atoms with E-state index in [0.717, 1.165) is 36.1 Å². The van der Waals surface area contributed by atoms with Crippen LogP contribution in [-0.4, -0.2) is 52.8 Å². The minimum absolute atomic E-state index is 0.0317. The van der Waals surface area contributed by atoms with Gasteiger partial charge in [0.25, 0.3) is 5.91 Å². The van der Waals surface area contributed by atoms with Crippen molar-refractivity contribution in [2.75, 3.05) is 20.2 Å². The van der Waals surface area contributed by atoms with E-state index < -0.39 is 11.6 Å². The topological polar surface area (TPSA) is 84.5 Å². The number of rotatable bonds is 6. The number of hydrogen-bond acceptors (Lipinski definition) is 5. The van der Waals surface area contributed by atoms with Gasteiger partial charge in [0.1, 0.15) is 5.75 Å². The van der Waals surface area contributed by atoms with E-state index in [0.29, 0.717) is 17.9 Å². The fourth-order valence-corrected chi connectivity index (χ4v) is 4.27. The van der Waals surface area contributed by atoms with Crippen molar-refractivity contribution in [2.45, 2.75) is 38.2 Å². The molecule has 1 N–H and O–H groups in total. The Morgan fingerprint density at radius 1 is 1.12 bits per heavy atom. The molecule has 3 aromatic rings. The van der Waals surface area contributed by atoms with Gasteiger partial charge in [0.05, 0.1) is 13.3 Å². The first-order valence-corrected chi connectivity index (χ1v) is 11.1. The summed E-state index contributed by atoms with van der Waals surface area (Å²) in [5, 5.41) is 6.80. The van der Waals surface area contributed by atoms with Gasteiger partial charge in [-0.2, -0.15) is 5.10 Å². The van der Waals surface area contributed by atoms with E-state index in [1.165, 1.54) is 7.11 Å². The second kappa shape index (κ2) is 9.48. The van der Waals surface area contributed by atoms with Crippen LogP contribution in [0.3, 0.4) is 0 Å². The minimum Gasteiger partial charge on any atom is -0.476 e. The van der Waals surface area contributed by atoms with E-state index in [2.05, 4.69) is 16.3 Å². The third kappa shape index (κ3) is 5.08. The van der Waals surface area contributed by atoms with Crippen LogP contribution in [-0.2, 0) is 9.53 Å². The summed E-state index contributed by atoms with van der Waals surface area (Å²) in [6.45, 7) is 4.74. The molecule has 0 aliphatic carbocycles. The minimum atomic E-state index is -1.08. The number of H-pyrrole nitrogens is 1. The normalized spacial score (nSPS) is 16.3. The molecular weight excluding hydrogens is 418 g/mol. The Balaban J connectivity index is 1.48. The first-order valence-electron chi connectivity index (χ1n) is 11.1. The Morgan fingerprint density at radius 2 is 1.94 bits per heavy atom. The highest BCUT2D eigenvalue weighted by molar-refractivity contribution is 5.95. The molecule has 1 unspecified atom stereocenters. The second-order valence-corrected chi connectivity index (χ2v) is 8.83. The van der Waals surface area contributed by atoms with Gasteiger partial charge in [-0.25, -0.2) is 4.79 Å². The highest BCUT2D eigenvalue weighted by Gasteiger charge is 2.31. The smallest absolute Gasteiger partial charge is 0.349 e. The molecule has 4 rings (SSSR count). The van der Waals surface area contributed by atoms with Crippen molar-refractivity contribution in [1.82, 2.24) is 15.1 Å². The number of aromatic nitrogens is 2. The number of nitrogens with zero attached hydrogens (tertiary/aromatic N) is 2. The first-order chi connectivity index (χ1) is 15.9. The summed E-state index contributed by atoms with van der Waals surface area (Å²) in [5.74, 6) is 0.410. The molecule has 0 spiro atoms. The average molecular weight is 448 g/mol. The maximum atomic E-state index is 13.3. The van der Waals surface area contributed by atoms with Crippen LogP contribution in [0.4, 0.5) is 0 Å². The van der Waals surface area contributed by atoms with Gasteiger partial charge in [-0.05, 0) is 62.1 Å². The molecule has 2 heterocycles.